The van der Waals surface area contributed by atoms with Gasteiger partial charge in [-0.05, 0) is 29.8 Å². The zero-order valence-electron chi connectivity index (χ0n) is 12.4. The van der Waals surface area contributed by atoms with Crippen LogP contribution in [0.2, 0.25) is 0 Å². The molecular weight excluding hydrogens is 307 g/mol. The van der Waals surface area contributed by atoms with Crippen molar-refractivity contribution in [2.75, 3.05) is 0 Å². The van der Waals surface area contributed by atoms with Gasteiger partial charge in [-0.1, -0.05) is 37.3 Å². The van der Waals surface area contributed by atoms with E-state index in [1.807, 2.05) is 0 Å². The smallest absolute Gasteiger partial charge is 0.383 e. The van der Waals surface area contributed by atoms with Crippen LogP contribution < -0.4 is 5.32 Å². The summed E-state index contributed by atoms with van der Waals surface area (Å²) in [5, 5.41) is 10.7. The Hall–Kier alpha value is -2.18. The molecule has 6 heteroatoms. The van der Waals surface area contributed by atoms with Gasteiger partial charge in [0, 0.05) is 5.92 Å². The summed E-state index contributed by atoms with van der Waals surface area (Å²) in [6.07, 6.45) is -7.07. The molecule has 3 N–H and O–H groups in total. The number of hydrogen-bond acceptors (Lipinski definition) is 2. The minimum absolute atomic E-state index is 0.179. The molecule has 122 valence electrons. The number of aliphatic hydroxyl groups excluding tert-OH is 1. The van der Waals surface area contributed by atoms with Crippen LogP contribution in [0.5, 0.6) is 0 Å². The van der Waals surface area contributed by atoms with Crippen LogP contribution in [0.15, 0.2) is 54.6 Å². The number of primary amides is 1. The van der Waals surface area contributed by atoms with Crippen LogP contribution in [-0.2, 0) is 0 Å². The highest BCUT2D eigenvalue weighted by Crippen LogP contribution is 2.31. The van der Waals surface area contributed by atoms with Crippen LogP contribution in [0, 0.1) is 0 Å². The number of carbonyl (C=O) groups is 1. The Kier molecular flexibility index (Phi) is 5.18. The second-order valence-electron chi connectivity index (χ2n) is 5.32. The number of rotatable bonds is 4. The Morgan fingerprint density at radius 2 is 1.61 bits per heavy atom. The molecule has 2 aromatic rings. The van der Waals surface area contributed by atoms with Crippen LogP contribution in [0.25, 0.3) is 0 Å². The number of hydrogen-bond donors (Lipinski definition) is 2. The lowest BCUT2D eigenvalue weighted by Crippen LogP contribution is -2.82. The summed E-state index contributed by atoms with van der Waals surface area (Å²) in [4.78, 5) is 12.0. The number of aliphatic hydroxyl groups is 1. The number of benzene rings is 2. The maximum Gasteiger partial charge on any atom is 0.414 e. The summed E-state index contributed by atoms with van der Waals surface area (Å²) in [6.45, 7) is 1.31. The maximum atomic E-state index is 12.5. The van der Waals surface area contributed by atoms with Gasteiger partial charge in [-0.15, -0.1) is 0 Å². The second kappa shape index (κ2) is 6.93. The minimum atomic E-state index is -4.66. The number of nitrogens with two attached hydrogens (primary N) is 1. The molecule has 0 saturated carbocycles. The molecule has 3 nitrogen and oxygen atoms in total. The number of carbonyl (C=O) groups excluding carboxylic acids is 1. The largest absolute Gasteiger partial charge is 0.414 e. The predicted molar refractivity (Wildman–Crippen MR) is 79.3 cm³/mol. The Balaban J connectivity index is 2.06. The van der Waals surface area contributed by atoms with Gasteiger partial charge in [-0.3, -0.25) is 0 Å². The van der Waals surface area contributed by atoms with Crippen molar-refractivity contribution in [1.82, 2.24) is 0 Å². The Morgan fingerprint density at radius 1 is 1.04 bits per heavy atom. The van der Waals surface area contributed by atoms with Gasteiger partial charge in [-0.25, -0.2) is 10.1 Å². The van der Waals surface area contributed by atoms with Gasteiger partial charge < -0.3 is 5.11 Å². The van der Waals surface area contributed by atoms with E-state index >= 15 is 0 Å². The van der Waals surface area contributed by atoms with Crippen molar-refractivity contribution in [2.24, 2.45) is 0 Å². The number of halogens is 3. The van der Waals surface area contributed by atoms with Crippen LogP contribution in [0.1, 0.15) is 28.8 Å². The molecular formula is C17H17F3NO2+. The lowest BCUT2D eigenvalue weighted by molar-refractivity contribution is -0.464. The topological polar surface area (TPSA) is 53.9 Å². The molecule has 0 bridgehead atoms. The quantitative estimate of drug-likeness (QED) is 0.850. The first kappa shape index (κ1) is 17.2. The van der Waals surface area contributed by atoms with E-state index in [0.29, 0.717) is 16.8 Å². The summed E-state index contributed by atoms with van der Waals surface area (Å²) in [5.74, 6) is -1.25. The summed E-state index contributed by atoms with van der Waals surface area (Å²) >= 11 is 0. The molecule has 0 aliphatic carbocycles. The average Bonchev–Trinajstić information content (AvgIpc) is 2.54. The fraction of sp³-hybridized carbons (Fsp3) is 0.235. The number of alkyl halides is 3. The second-order valence-corrected chi connectivity index (χ2v) is 5.32. The predicted octanol–water partition coefficient (Wildman–Crippen LogP) is 2.75. The lowest BCUT2D eigenvalue weighted by atomic mass is 9.95. The minimum Gasteiger partial charge on any atom is -0.383 e. The van der Waals surface area contributed by atoms with E-state index in [0.717, 1.165) is 0 Å². The molecule has 0 saturated heterocycles. The number of quaternary nitrogens is 1. The van der Waals surface area contributed by atoms with E-state index in [-0.39, 0.29) is 5.91 Å². The van der Waals surface area contributed by atoms with Crippen molar-refractivity contribution in [2.45, 2.75) is 25.1 Å². The van der Waals surface area contributed by atoms with Crippen LogP contribution >= 0.6 is 0 Å². The molecule has 0 aliphatic heterocycles. The third-order valence-corrected chi connectivity index (χ3v) is 3.63. The van der Waals surface area contributed by atoms with E-state index in [4.69, 9.17) is 0 Å². The van der Waals surface area contributed by atoms with Gasteiger partial charge in [0.1, 0.15) is 5.69 Å². The maximum absolute atomic E-state index is 12.5. The van der Waals surface area contributed by atoms with Crippen molar-refractivity contribution in [3.8, 4) is 0 Å². The van der Waals surface area contributed by atoms with Crippen molar-refractivity contribution >= 4 is 11.6 Å². The molecule has 2 aromatic carbocycles. The molecule has 2 unspecified atom stereocenters. The van der Waals surface area contributed by atoms with Gasteiger partial charge in [0.2, 0.25) is 0 Å². The number of amides is 1. The SMILES string of the molecule is CC(c1ccc([NH2+]C(=O)c2ccccc2)cc1)C(O)C(F)(F)F. The first-order chi connectivity index (χ1) is 10.8. The Morgan fingerprint density at radius 3 is 2.13 bits per heavy atom. The first-order valence-electron chi connectivity index (χ1n) is 7.08. The zero-order chi connectivity index (χ0) is 17.0. The Labute approximate surface area is 131 Å². The Bertz CT molecular complexity index is 654. The fourth-order valence-corrected chi connectivity index (χ4v) is 2.20. The summed E-state index contributed by atoms with van der Waals surface area (Å²) in [6, 6.07) is 14.8. The van der Waals surface area contributed by atoms with E-state index < -0.39 is 18.2 Å². The molecule has 1 amide bonds. The van der Waals surface area contributed by atoms with Crippen molar-refractivity contribution in [3.63, 3.8) is 0 Å². The highest BCUT2D eigenvalue weighted by Gasteiger charge is 2.42. The average molecular weight is 324 g/mol. The van der Waals surface area contributed by atoms with Gasteiger partial charge >= 0.3 is 12.1 Å². The normalized spacial score (nSPS) is 14.3. The van der Waals surface area contributed by atoms with E-state index in [1.165, 1.54) is 24.4 Å². The molecule has 0 aromatic heterocycles. The summed E-state index contributed by atoms with van der Waals surface area (Å²) < 4.78 is 37.6. The zero-order valence-corrected chi connectivity index (χ0v) is 12.4. The van der Waals surface area contributed by atoms with Crippen molar-refractivity contribution < 1.29 is 28.4 Å². The third-order valence-electron chi connectivity index (χ3n) is 3.63. The first-order valence-corrected chi connectivity index (χ1v) is 7.08. The molecule has 0 aliphatic rings. The van der Waals surface area contributed by atoms with Gasteiger partial charge in [0.25, 0.3) is 0 Å². The molecule has 2 atom stereocenters. The van der Waals surface area contributed by atoms with E-state index in [9.17, 15) is 23.1 Å². The fourth-order valence-electron chi connectivity index (χ4n) is 2.20. The molecule has 0 radical (unpaired) electrons. The highest BCUT2D eigenvalue weighted by atomic mass is 19.4. The van der Waals surface area contributed by atoms with Gasteiger partial charge in [0.15, 0.2) is 6.10 Å². The molecule has 0 heterocycles. The van der Waals surface area contributed by atoms with E-state index in [1.54, 1.807) is 42.5 Å². The molecule has 23 heavy (non-hydrogen) atoms. The van der Waals surface area contributed by atoms with Crippen molar-refractivity contribution in [1.29, 1.82) is 0 Å². The summed E-state index contributed by atoms with van der Waals surface area (Å²) in [5.41, 5.74) is 1.49. The third kappa shape index (κ3) is 4.40. The van der Waals surface area contributed by atoms with Crippen LogP contribution in [-0.4, -0.2) is 23.3 Å². The lowest BCUT2D eigenvalue weighted by Gasteiger charge is -2.21. The van der Waals surface area contributed by atoms with Crippen LogP contribution in [0.4, 0.5) is 18.9 Å². The molecule has 2 rings (SSSR count). The molecule has 0 fully saturated rings. The summed E-state index contributed by atoms with van der Waals surface area (Å²) in [7, 11) is 0. The highest BCUT2D eigenvalue weighted by molar-refractivity contribution is 5.87. The van der Waals surface area contributed by atoms with Gasteiger partial charge in [0.05, 0.1) is 5.56 Å². The van der Waals surface area contributed by atoms with Crippen molar-refractivity contribution in [3.05, 3.63) is 65.7 Å². The van der Waals surface area contributed by atoms with E-state index in [2.05, 4.69) is 0 Å². The standard InChI is InChI=1S/C17H16F3NO2/c1-11(15(22)17(18,19)20)12-7-9-14(10-8-12)21-16(23)13-5-3-2-4-6-13/h2-11,15,22H,1H3,(H,21,23)/p+1. The van der Waals surface area contributed by atoms with Crippen LogP contribution in [0.3, 0.4) is 0 Å². The monoisotopic (exact) mass is 324 g/mol. The molecule has 0 spiro atoms. The van der Waals surface area contributed by atoms with Gasteiger partial charge in [-0.2, -0.15) is 13.2 Å².